The minimum absolute atomic E-state index is 0.730. The number of anilines is 1. The van der Waals surface area contributed by atoms with Crippen LogP contribution in [0.2, 0.25) is 0 Å². The first kappa shape index (κ1) is 11.4. The molecule has 0 aliphatic rings. The molecule has 4 nitrogen and oxygen atoms in total. The summed E-state index contributed by atoms with van der Waals surface area (Å²) < 4.78 is 5.42. The van der Waals surface area contributed by atoms with Crippen LogP contribution in [-0.2, 0) is 4.74 Å². The van der Waals surface area contributed by atoms with E-state index in [0.29, 0.717) is 0 Å². The van der Waals surface area contributed by atoms with E-state index >= 15 is 0 Å². The molecule has 0 saturated carbocycles. The monoisotopic (exact) mass is 215 g/mol. The normalized spacial score (nSPS) is 10.8. The van der Waals surface area contributed by atoms with Gasteiger partial charge < -0.3 is 15.0 Å². The summed E-state index contributed by atoms with van der Waals surface area (Å²) in [5, 5.41) is 6.09. The van der Waals surface area contributed by atoms with Gasteiger partial charge in [0.15, 0.2) is 5.13 Å². The Morgan fingerprint density at radius 2 is 2.36 bits per heavy atom. The largest absolute Gasteiger partial charge is 0.378 e. The van der Waals surface area contributed by atoms with Gasteiger partial charge in [0, 0.05) is 24.7 Å². The van der Waals surface area contributed by atoms with E-state index in [1.165, 1.54) is 0 Å². The van der Waals surface area contributed by atoms with Crippen LogP contribution in [0.15, 0.2) is 11.6 Å². The first-order valence-corrected chi connectivity index (χ1v) is 5.53. The molecule has 0 bridgehead atoms. The smallest absolute Gasteiger partial charge is 0.182 e. The molecule has 80 valence electrons. The Morgan fingerprint density at radius 1 is 1.50 bits per heavy atom. The third kappa shape index (κ3) is 5.16. The third-order valence-corrected chi connectivity index (χ3v) is 2.37. The second-order valence-electron chi connectivity index (χ2n) is 3.18. The van der Waals surface area contributed by atoms with Crippen LogP contribution in [-0.4, -0.2) is 50.3 Å². The van der Waals surface area contributed by atoms with Crippen molar-refractivity contribution < 1.29 is 4.74 Å². The minimum atomic E-state index is 0.730. The molecule has 0 unspecified atom stereocenters. The quantitative estimate of drug-likeness (QED) is 0.692. The fourth-order valence-electron chi connectivity index (χ4n) is 0.890. The molecule has 14 heavy (non-hydrogen) atoms. The van der Waals surface area contributed by atoms with Gasteiger partial charge in [-0.15, -0.1) is 11.3 Å². The van der Waals surface area contributed by atoms with Crippen LogP contribution in [0.5, 0.6) is 0 Å². The molecule has 0 radical (unpaired) electrons. The predicted molar refractivity (Wildman–Crippen MR) is 60.0 cm³/mol. The number of ether oxygens (including phenoxy) is 1. The second-order valence-corrected chi connectivity index (χ2v) is 4.07. The highest BCUT2D eigenvalue weighted by atomic mass is 32.1. The van der Waals surface area contributed by atoms with E-state index in [1.807, 2.05) is 19.5 Å². The van der Waals surface area contributed by atoms with Gasteiger partial charge in [-0.1, -0.05) is 0 Å². The van der Waals surface area contributed by atoms with Crippen LogP contribution >= 0.6 is 11.3 Å². The van der Waals surface area contributed by atoms with Crippen molar-refractivity contribution in [3.63, 3.8) is 0 Å². The highest BCUT2D eigenvalue weighted by molar-refractivity contribution is 7.13. The molecular weight excluding hydrogens is 198 g/mol. The van der Waals surface area contributed by atoms with E-state index in [2.05, 4.69) is 15.2 Å². The average Bonchev–Trinajstić information content (AvgIpc) is 2.63. The topological polar surface area (TPSA) is 37.4 Å². The molecule has 0 aliphatic carbocycles. The Kier molecular flexibility index (Phi) is 5.51. The molecule has 0 saturated heterocycles. The fraction of sp³-hybridized carbons (Fsp3) is 0.667. The van der Waals surface area contributed by atoms with Crippen molar-refractivity contribution in [3.05, 3.63) is 11.6 Å². The number of thiazole rings is 1. The zero-order chi connectivity index (χ0) is 10.2. The van der Waals surface area contributed by atoms with Crippen LogP contribution in [0, 0.1) is 0 Å². The van der Waals surface area contributed by atoms with Crippen molar-refractivity contribution in [2.75, 3.05) is 45.7 Å². The van der Waals surface area contributed by atoms with Crippen LogP contribution in [0.1, 0.15) is 0 Å². The Labute approximate surface area is 88.9 Å². The summed E-state index contributed by atoms with van der Waals surface area (Å²) in [6.07, 6.45) is 1.79. The van der Waals surface area contributed by atoms with Gasteiger partial charge in [-0.05, 0) is 14.1 Å². The number of aromatic nitrogens is 1. The molecule has 5 heteroatoms. The summed E-state index contributed by atoms with van der Waals surface area (Å²) in [4.78, 5) is 6.21. The molecule has 1 rings (SSSR count). The van der Waals surface area contributed by atoms with Crippen LogP contribution < -0.4 is 5.32 Å². The molecule has 1 heterocycles. The molecule has 0 spiro atoms. The molecular formula is C9H17N3OS. The van der Waals surface area contributed by atoms with Crippen molar-refractivity contribution in [1.82, 2.24) is 9.88 Å². The number of likely N-dealkylation sites (N-methyl/N-ethyl adjacent to an activating group) is 1. The molecule has 0 fully saturated rings. The minimum Gasteiger partial charge on any atom is -0.378 e. The van der Waals surface area contributed by atoms with E-state index in [0.717, 1.165) is 31.4 Å². The molecule has 0 aliphatic heterocycles. The SMILES string of the molecule is CN(C)CCOCCNc1nccs1. The maximum Gasteiger partial charge on any atom is 0.182 e. The van der Waals surface area contributed by atoms with Gasteiger partial charge in [-0.2, -0.15) is 0 Å². The van der Waals surface area contributed by atoms with Gasteiger partial charge in [0.05, 0.1) is 13.2 Å². The Balaban J connectivity index is 1.90. The van der Waals surface area contributed by atoms with Crippen molar-refractivity contribution in [2.45, 2.75) is 0 Å². The second kappa shape index (κ2) is 6.75. The van der Waals surface area contributed by atoms with E-state index < -0.39 is 0 Å². The van der Waals surface area contributed by atoms with Gasteiger partial charge in [0.2, 0.25) is 0 Å². The van der Waals surface area contributed by atoms with E-state index in [4.69, 9.17) is 4.74 Å². The van der Waals surface area contributed by atoms with Crippen molar-refractivity contribution in [2.24, 2.45) is 0 Å². The van der Waals surface area contributed by atoms with Gasteiger partial charge in [0.25, 0.3) is 0 Å². The number of hydrogen-bond acceptors (Lipinski definition) is 5. The Bertz CT molecular complexity index is 226. The standard InChI is InChI=1S/C9H17N3OS/c1-12(2)5-7-13-6-3-10-9-11-4-8-14-9/h4,8H,3,5-7H2,1-2H3,(H,10,11). The predicted octanol–water partition coefficient (Wildman–Crippen LogP) is 1.13. The third-order valence-electron chi connectivity index (χ3n) is 1.64. The van der Waals surface area contributed by atoms with E-state index in [9.17, 15) is 0 Å². The lowest BCUT2D eigenvalue weighted by molar-refractivity contribution is 0.126. The molecule has 1 aromatic rings. The maximum absolute atomic E-state index is 5.42. The molecule has 1 aromatic heterocycles. The summed E-state index contributed by atoms with van der Waals surface area (Å²) in [6.45, 7) is 3.30. The van der Waals surface area contributed by atoms with Crippen LogP contribution in [0.3, 0.4) is 0 Å². The number of nitrogens with zero attached hydrogens (tertiary/aromatic N) is 2. The van der Waals surface area contributed by atoms with Gasteiger partial charge in [-0.3, -0.25) is 0 Å². The van der Waals surface area contributed by atoms with Gasteiger partial charge in [-0.25, -0.2) is 4.98 Å². The lowest BCUT2D eigenvalue weighted by atomic mass is 10.6. The van der Waals surface area contributed by atoms with Crippen molar-refractivity contribution in [1.29, 1.82) is 0 Å². The first-order valence-electron chi connectivity index (χ1n) is 4.65. The number of hydrogen-bond donors (Lipinski definition) is 1. The summed E-state index contributed by atoms with van der Waals surface area (Å²) >= 11 is 1.61. The van der Waals surface area contributed by atoms with Crippen molar-refractivity contribution >= 4 is 16.5 Å². The summed E-state index contributed by atoms with van der Waals surface area (Å²) in [6, 6.07) is 0. The number of rotatable bonds is 7. The number of nitrogens with one attached hydrogen (secondary N) is 1. The van der Waals surface area contributed by atoms with Crippen LogP contribution in [0.25, 0.3) is 0 Å². The summed E-state index contributed by atoms with van der Waals surface area (Å²) in [5.74, 6) is 0. The fourth-order valence-corrected chi connectivity index (χ4v) is 1.45. The Hall–Kier alpha value is -0.650. The molecule has 0 atom stereocenters. The Morgan fingerprint density at radius 3 is 3.00 bits per heavy atom. The molecule has 0 aromatic carbocycles. The first-order chi connectivity index (χ1) is 6.79. The maximum atomic E-state index is 5.42. The van der Waals surface area contributed by atoms with Crippen molar-refractivity contribution in [3.8, 4) is 0 Å². The average molecular weight is 215 g/mol. The zero-order valence-electron chi connectivity index (χ0n) is 8.69. The lowest BCUT2D eigenvalue weighted by Gasteiger charge is -2.09. The zero-order valence-corrected chi connectivity index (χ0v) is 9.51. The molecule has 1 N–H and O–H groups in total. The highest BCUT2D eigenvalue weighted by Gasteiger charge is 1.93. The summed E-state index contributed by atoms with van der Waals surface area (Å²) in [7, 11) is 4.08. The summed E-state index contributed by atoms with van der Waals surface area (Å²) in [5.41, 5.74) is 0. The van der Waals surface area contributed by atoms with Gasteiger partial charge >= 0.3 is 0 Å². The molecule has 0 amide bonds. The van der Waals surface area contributed by atoms with E-state index in [1.54, 1.807) is 17.5 Å². The highest BCUT2D eigenvalue weighted by Crippen LogP contribution is 2.08. The van der Waals surface area contributed by atoms with Crippen LogP contribution in [0.4, 0.5) is 5.13 Å². The van der Waals surface area contributed by atoms with Gasteiger partial charge in [0.1, 0.15) is 0 Å². The van der Waals surface area contributed by atoms with E-state index in [-0.39, 0.29) is 0 Å². The lowest BCUT2D eigenvalue weighted by Crippen LogP contribution is -2.19.